The van der Waals surface area contributed by atoms with Gasteiger partial charge in [-0.1, -0.05) is 18.2 Å². The number of ether oxygens (including phenoxy) is 1. The van der Waals surface area contributed by atoms with Crippen LogP contribution in [0.5, 0.6) is 0 Å². The number of methoxy groups -OCH3 is 1. The molecule has 0 aliphatic rings. The zero-order valence-electron chi connectivity index (χ0n) is 15.7. The number of benzene rings is 2. The number of halogens is 3. The quantitative estimate of drug-likeness (QED) is 0.719. The summed E-state index contributed by atoms with van der Waals surface area (Å²) in [6, 6.07) is 9.31. The Morgan fingerprint density at radius 2 is 1.66 bits per heavy atom. The normalized spacial score (nSPS) is 12.0. The van der Waals surface area contributed by atoms with Crippen molar-refractivity contribution in [1.82, 2.24) is 5.32 Å². The van der Waals surface area contributed by atoms with Gasteiger partial charge in [0.25, 0.3) is 5.91 Å². The van der Waals surface area contributed by atoms with E-state index >= 15 is 0 Å². The van der Waals surface area contributed by atoms with Crippen molar-refractivity contribution in [3.05, 3.63) is 65.2 Å². The summed E-state index contributed by atoms with van der Waals surface area (Å²) >= 11 is 0. The van der Waals surface area contributed by atoms with E-state index in [4.69, 9.17) is 0 Å². The molecule has 0 saturated carbocycles. The Hall–Kier alpha value is -3.36. The second-order valence-corrected chi connectivity index (χ2v) is 6.17. The van der Waals surface area contributed by atoms with Gasteiger partial charge in [0, 0.05) is 24.6 Å². The smallest absolute Gasteiger partial charge is 0.416 e. The topological polar surface area (TPSA) is 84.5 Å². The van der Waals surface area contributed by atoms with E-state index in [2.05, 4.69) is 15.4 Å². The number of carbonyl (C=O) groups excluding carboxylic acids is 3. The first-order valence-corrected chi connectivity index (χ1v) is 8.53. The predicted octanol–water partition coefficient (Wildman–Crippen LogP) is 3.18. The number of esters is 1. The third-order valence-electron chi connectivity index (χ3n) is 4.01. The molecule has 0 radical (unpaired) electrons. The average molecular weight is 408 g/mol. The van der Waals surface area contributed by atoms with E-state index in [1.165, 1.54) is 49.4 Å². The molecule has 0 fully saturated rings. The van der Waals surface area contributed by atoms with Gasteiger partial charge in [0.05, 0.1) is 12.7 Å². The molecular weight excluding hydrogens is 389 g/mol. The molecule has 29 heavy (non-hydrogen) atoms. The highest BCUT2D eigenvalue weighted by Crippen LogP contribution is 2.32. The molecule has 2 aromatic rings. The number of carbonyl (C=O) groups is 3. The summed E-state index contributed by atoms with van der Waals surface area (Å²) < 4.78 is 44.2. The number of rotatable bonds is 6. The van der Waals surface area contributed by atoms with Gasteiger partial charge in [-0.3, -0.25) is 9.59 Å². The maximum absolute atomic E-state index is 13.2. The first-order valence-electron chi connectivity index (χ1n) is 8.53. The molecule has 0 bridgehead atoms. The van der Waals surface area contributed by atoms with E-state index in [1.807, 2.05) is 0 Å². The number of nitrogens with one attached hydrogen (secondary N) is 2. The highest BCUT2D eigenvalue weighted by molar-refractivity contribution is 5.97. The molecule has 0 saturated heterocycles. The van der Waals surface area contributed by atoms with Crippen LogP contribution in [0.4, 0.5) is 18.9 Å². The molecule has 2 aromatic carbocycles. The molecule has 0 aliphatic heterocycles. The van der Waals surface area contributed by atoms with E-state index in [1.54, 1.807) is 0 Å². The predicted molar refractivity (Wildman–Crippen MR) is 99.2 cm³/mol. The lowest BCUT2D eigenvalue weighted by molar-refractivity contribution is -0.144. The molecule has 2 N–H and O–H groups in total. The minimum atomic E-state index is -4.60. The SMILES string of the molecule is COC(=O)[C@@H](Cc1ccccc1C(F)(F)F)NC(=O)c1ccc(NC(C)=O)cc1. The molecule has 0 unspecified atom stereocenters. The van der Waals surface area contributed by atoms with Gasteiger partial charge in [-0.25, -0.2) is 4.79 Å². The molecule has 2 rings (SSSR count). The molecule has 0 spiro atoms. The summed E-state index contributed by atoms with van der Waals surface area (Å²) in [6.07, 6.45) is -4.99. The third-order valence-corrected chi connectivity index (χ3v) is 4.01. The second kappa shape index (κ2) is 9.22. The minimum Gasteiger partial charge on any atom is -0.467 e. The van der Waals surface area contributed by atoms with Gasteiger partial charge >= 0.3 is 12.1 Å². The summed E-state index contributed by atoms with van der Waals surface area (Å²) in [7, 11) is 1.08. The van der Waals surface area contributed by atoms with Crippen LogP contribution in [-0.2, 0) is 26.9 Å². The Morgan fingerprint density at radius 1 is 1.03 bits per heavy atom. The fraction of sp³-hybridized carbons (Fsp3) is 0.250. The van der Waals surface area contributed by atoms with Gasteiger partial charge in [0.2, 0.25) is 5.91 Å². The zero-order chi connectivity index (χ0) is 21.6. The second-order valence-electron chi connectivity index (χ2n) is 6.17. The Balaban J connectivity index is 2.21. The van der Waals surface area contributed by atoms with Crippen LogP contribution in [0.2, 0.25) is 0 Å². The Kier molecular flexibility index (Phi) is 6.98. The number of alkyl halides is 3. The first kappa shape index (κ1) is 21.9. The molecule has 0 heterocycles. The van der Waals surface area contributed by atoms with Gasteiger partial charge in [0.1, 0.15) is 6.04 Å². The first-order chi connectivity index (χ1) is 13.6. The van der Waals surface area contributed by atoms with E-state index in [0.717, 1.165) is 13.2 Å². The van der Waals surface area contributed by atoms with Crippen molar-refractivity contribution in [2.75, 3.05) is 12.4 Å². The maximum Gasteiger partial charge on any atom is 0.416 e. The molecule has 0 aromatic heterocycles. The Bertz CT molecular complexity index is 895. The summed E-state index contributed by atoms with van der Waals surface area (Å²) in [5, 5.41) is 4.94. The van der Waals surface area contributed by atoms with Crippen molar-refractivity contribution in [1.29, 1.82) is 0 Å². The summed E-state index contributed by atoms with van der Waals surface area (Å²) in [6.45, 7) is 1.33. The van der Waals surface area contributed by atoms with Crippen LogP contribution >= 0.6 is 0 Å². The average Bonchev–Trinajstić information content (AvgIpc) is 2.66. The Labute approximate surface area is 165 Å². The monoisotopic (exact) mass is 408 g/mol. The number of hydrogen-bond donors (Lipinski definition) is 2. The van der Waals surface area contributed by atoms with Crippen molar-refractivity contribution < 1.29 is 32.3 Å². The summed E-state index contributed by atoms with van der Waals surface area (Å²) in [5.41, 5.74) is -0.394. The van der Waals surface area contributed by atoms with E-state index in [-0.39, 0.29) is 17.0 Å². The number of hydrogen-bond acceptors (Lipinski definition) is 4. The molecule has 154 valence electrons. The lowest BCUT2D eigenvalue weighted by Gasteiger charge is -2.19. The van der Waals surface area contributed by atoms with Crippen molar-refractivity contribution in [2.45, 2.75) is 25.6 Å². The minimum absolute atomic E-state index is 0.142. The molecule has 0 aliphatic carbocycles. The van der Waals surface area contributed by atoms with E-state index in [0.29, 0.717) is 5.69 Å². The summed E-state index contributed by atoms with van der Waals surface area (Å²) in [5.74, 6) is -1.82. The zero-order valence-corrected chi connectivity index (χ0v) is 15.7. The van der Waals surface area contributed by atoms with Crippen LogP contribution in [0, 0.1) is 0 Å². The summed E-state index contributed by atoms with van der Waals surface area (Å²) in [4.78, 5) is 35.5. The third kappa shape index (κ3) is 6.06. The van der Waals surface area contributed by atoms with Crippen molar-refractivity contribution in [2.24, 2.45) is 0 Å². The maximum atomic E-state index is 13.2. The van der Waals surface area contributed by atoms with Gasteiger partial charge in [-0.15, -0.1) is 0 Å². The number of anilines is 1. The van der Waals surface area contributed by atoms with Crippen LogP contribution < -0.4 is 10.6 Å². The Morgan fingerprint density at radius 3 is 2.21 bits per heavy atom. The van der Waals surface area contributed by atoms with Crippen LogP contribution in [0.15, 0.2) is 48.5 Å². The van der Waals surface area contributed by atoms with Gasteiger partial charge < -0.3 is 15.4 Å². The van der Waals surface area contributed by atoms with Crippen LogP contribution in [0.25, 0.3) is 0 Å². The lowest BCUT2D eigenvalue weighted by Crippen LogP contribution is -2.43. The van der Waals surface area contributed by atoms with Gasteiger partial charge in [-0.2, -0.15) is 13.2 Å². The van der Waals surface area contributed by atoms with Crippen molar-refractivity contribution >= 4 is 23.5 Å². The lowest BCUT2D eigenvalue weighted by atomic mass is 9.99. The number of amides is 2. The largest absolute Gasteiger partial charge is 0.467 e. The molecule has 2 amide bonds. The molecule has 9 heteroatoms. The van der Waals surface area contributed by atoms with Crippen LogP contribution in [0.3, 0.4) is 0 Å². The fourth-order valence-electron chi connectivity index (χ4n) is 2.68. The van der Waals surface area contributed by atoms with Crippen molar-refractivity contribution in [3.63, 3.8) is 0 Å². The van der Waals surface area contributed by atoms with Gasteiger partial charge in [0.15, 0.2) is 0 Å². The van der Waals surface area contributed by atoms with Crippen LogP contribution in [-0.4, -0.2) is 30.9 Å². The van der Waals surface area contributed by atoms with E-state index in [9.17, 15) is 27.6 Å². The highest BCUT2D eigenvalue weighted by Gasteiger charge is 2.34. The van der Waals surface area contributed by atoms with Crippen molar-refractivity contribution in [3.8, 4) is 0 Å². The molecule has 1 atom stereocenters. The highest BCUT2D eigenvalue weighted by atomic mass is 19.4. The standard InChI is InChI=1S/C20H19F3N2O4/c1-12(26)24-15-9-7-13(8-10-15)18(27)25-17(19(28)29-2)11-14-5-3-4-6-16(14)20(21,22)23/h3-10,17H,11H2,1-2H3,(H,24,26)(H,25,27)/t17-/m1/s1. The fourth-order valence-corrected chi connectivity index (χ4v) is 2.68. The van der Waals surface area contributed by atoms with Gasteiger partial charge in [-0.05, 0) is 35.9 Å². The molecular formula is C20H19F3N2O4. The van der Waals surface area contributed by atoms with E-state index < -0.39 is 36.1 Å². The molecule has 6 nitrogen and oxygen atoms in total. The van der Waals surface area contributed by atoms with Crippen LogP contribution in [0.1, 0.15) is 28.4 Å².